The minimum Gasteiger partial charge on any atom is -0.370 e. The molecule has 0 spiro atoms. The monoisotopic (exact) mass is 363 g/mol. The summed E-state index contributed by atoms with van der Waals surface area (Å²) in [6, 6.07) is 15.8. The van der Waals surface area contributed by atoms with Crippen molar-refractivity contribution in [3.8, 4) is 0 Å². The molecule has 0 aliphatic carbocycles. The number of benzene rings is 2. The SMILES string of the molecule is O=C(NCCN1CCCc2ccccc21)c1ccc(N2CCCC2=O)cc1. The molecule has 1 saturated heterocycles. The third-order valence-corrected chi connectivity index (χ3v) is 5.39. The number of amides is 2. The molecular weight excluding hydrogens is 338 g/mol. The summed E-state index contributed by atoms with van der Waals surface area (Å²) in [4.78, 5) is 28.4. The number of carbonyl (C=O) groups is 2. The number of hydrogen-bond donors (Lipinski definition) is 1. The molecule has 2 aliphatic rings. The molecular formula is C22H25N3O2. The highest BCUT2D eigenvalue weighted by atomic mass is 16.2. The zero-order valence-electron chi connectivity index (χ0n) is 15.5. The van der Waals surface area contributed by atoms with E-state index in [9.17, 15) is 9.59 Å². The number of fused-ring (bicyclic) bond motifs is 1. The summed E-state index contributed by atoms with van der Waals surface area (Å²) in [5, 5.41) is 3.01. The molecule has 0 aromatic heterocycles. The molecule has 1 fully saturated rings. The predicted molar refractivity (Wildman–Crippen MR) is 107 cm³/mol. The maximum absolute atomic E-state index is 12.4. The molecule has 1 N–H and O–H groups in total. The predicted octanol–water partition coefficient (Wildman–Crippen LogP) is 3.00. The molecule has 0 saturated carbocycles. The van der Waals surface area contributed by atoms with E-state index >= 15 is 0 Å². The third kappa shape index (κ3) is 3.82. The Kier molecular flexibility index (Phi) is 5.10. The Hall–Kier alpha value is -2.82. The maximum atomic E-state index is 12.4. The average Bonchev–Trinajstić information content (AvgIpc) is 3.14. The second kappa shape index (κ2) is 7.82. The number of rotatable bonds is 5. The molecule has 2 aliphatic heterocycles. The summed E-state index contributed by atoms with van der Waals surface area (Å²) in [5.74, 6) is 0.0913. The number of hydrogen-bond acceptors (Lipinski definition) is 3. The van der Waals surface area contributed by atoms with Gasteiger partial charge in [-0.25, -0.2) is 0 Å². The summed E-state index contributed by atoms with van der Waals surface area (Å²) in [6.07, 6.45) is 3.80. The van der Waals surface area contributed by atoms with Gasteiger partial charge in [-0.3, -0.25) is 9.59 Å². The fourth-order valence-corrected chi connectivity index (χ4v) is 3.96. The van der Waals surface area contributed by atoms with E-state index in [1.165, 1.54) is 11.3 Å². The lowest BCUT2D eigenvalue weighted by Crippen LogP contribution is -2.37. The van der Waals surface area contributed by atoms with Gasteiger partial charge in [-0.1, -0.05) is 18.2 Å². The van der Waals surface area contributed by atoms with Crippen LogP contribution in [0.3, 0.4) is 0 Å². The first-order valence-electron chi connectivity index (χ1n) is 9.74. The van der Waals surface area contributed by atoms with Crippen molar-refractivity contribution in [2.45, 2.75) is 25.7 Å². The van der Waals surface area contributed by atoms with Crippen molar-refractivity contribution in [3.05, 3.63) is 59.7 Å². The van der Waals surface area contributed by atoms with Crippen LogP contribution in [0.5, 0.6) is 0 Å². The van der Waals surface area contributed by atoms with E-state index in [1.807, 2.05) is 12.1 Å². The molecule has 2 heterocycles. The number of anilines is 2. The molecule has 2 amide bonds. The van der Waals surface area contributed by atoms with E-state index in [2.05, 4.69) is 34.5 Å². The molecule has 0 atom stereocenters. The van der Waals surface area contributed by atoms with Gasteiger partial charge < -0.3 is 15.1 Å². The Morgan fingerprint density at radius 3 is 2.52 bits per heavy atom. The van der Waals surface area contributed by atoms with Gasteiger partial charge in [0.2, 0.25) is 5.91 Å². The fourth-order valence-electron chi connectivity index (χ4n) is 3.96. The van der Waals surface area contributed by atoms with Crippen molar-refractivity contribution in [3.63, 3.8) is 0 Å². The lowest BCUT2D eigenvalue weighted by Gasteiger charge is -2.31. The number of aryl methyl sites for hydroxylation is 1. The molecule has 27 heavy (non-hydrogen) atoms. The van der Waals surface area contributed by atoms with Crippen molar-refractivity contribution >= 4 is 23.2 Å². The Morgan fingerprint density at radius 1 is 0.963 bits per heavy atom. The van der Waals surface area contributed by atoms with Crippen LogP contribution in [0.15, 0.2) is 48.5 Å². The Labute approximate surface area is 160 Å². The molecule has 0 radical (unpaired) electrons. The van der Waals surface area contributed by atoms with E-state index < -0.39 is 0 Å². The Balaban J connectivity index is 1.32. The van der Waals surface area contributed by atoms with Crippen LogP contribution < -0.4 is 15.1 Å². The standard InChI is InChI=1S/C22H25N3O2/c26-21-8-4-15-25(21)19-11-9-18(10-12-19)22(27)23-13-16-24-14-3-6-17-5-1-2-7-20(17)24/h1-2,5,7,9-12H,3-4,6,8,13-16H2,(H,23,27). The minimum atomic E-state index is -0.0698. The quantitative estimate of drug-likeness (QED) is 0.888. The van der Waals surface area contributed by atoms with Crippen molar-refractivity contribution in [2.75, 3.05) is 36.0 Å². The van der Waals surface area contributed by atoms with Crippen molar-refractivity contribution < 1.29 is 9.59 Å². The van der Waals surface area contributed by atoms with E-state index in [0.717, 1.165) is 44.6 Å². The van der Waals surface area contributed by atoms with E-state index in [-0.39, 0.29) is 11.8 Å². The molecule has 2 aromatic rings. The topological polar surface area (TPSA) is 52.7 Å². The molecule has 4 rings (SSSR count). The second-order valence-electron chi connectivity index (χ2n) is 7.17. The van der Waals surface area contributed by atoms with Crippen LogP contribution >= 0.6 is 0 Å². The summed E-state index contributed by atoms with van der Waals surface area (Å²) >= 11 is 0. The number of nitrogens with zero attached hydrogens (tertiary/aromatic N) is 2. The third-order valence-electron chi connectivity index (χ3n) is 5.39. The first-order valence-corrected chi connectivity index (χ1v) is 9.74. The molecule has 140 valence electrons. The van der Waals surface area contributed by atoms with E-state index in [0.29, 0.717) is 18.5 Å². The molecule has 5 nitrogen and oxygen atoms in total. The van der Waals surface area contributed by atoms with Crippen LogP contribution in [0, 0.1) is 0 Å². The van der Waals surface area contributed by atoms with Crippen LogP contribution in [0.1, 0.15) is 35.2 Å². The van der Waals surface area contributed by atoms with Gasteiger partial charge in [0, 0.05) is 49.5 Å². The summed E-state index contributed by atoms with van der Waals surface area (Å²) in [7, 11) is 0. The molecule has 5 heteroatoms. The van der Waals surface area contributed by atoms with Crippen LogP contribution in [0.4, 0.5) is 11.4 Å². The van der Waals surface area contributed by atoms with Gasteiger partial charge in [-0.2, -0.15) is 0 Å². The van der Waals surface area contributed by atoms with Crippen molar-refractivity contribution in [1.82, 2.24) is 5.32 Å². The van der Waals surface area contributed by atoms with Gasteiger partial charge in [-0.15, -0.1) is 0 Å². The highest BCUT2D eigenvalue weighted by Crippen LogP contribution is 2.26. The van der Waals surface area contributed by atoms with Gasteiger partial charge in [0.15, 0.2) is 0 Å². The molecule has 2 aromatic carbocycles. The summed E-state index contributed by atoms with van der Waals surface area (Å²) in [5.41, 5.74) is 4.18. The van der Waals surface area contributed by atoms with Crippen molar-refractivity contribution in [2.24, 2.45) is 0 Å². The Bertz CT molecular complexity index is 832. The van der Waals surface area contributed by atoms with E-state index in [4.69, 9.17) is 0 Å². The smallest absolute Gasteiger partial charge is 0.251 e. The van der Waals surface area contributed by atoms with E-state index in [1.54, 1.807) is 17.0 Å². The zero-order valence-corrected chi connectivity index (χ0v) is 15.5. The summed E-state index contributed by atoms with van der Waals surface area (Å²) in [6.45, 7) is 3.22. The molecule has 0 bridgehead atoms. The second-order valence-corrected chi connectivity index (χ2v) is 7.17. The summed E-state index contributed by atoms with van der Waals surface area (Å²) < 4.78 is 0. The maximum Gasteiger partial charge on any atom is 0.251 e. The first-order chi connectivity index (χ1) is 13.2. The lowest BCUT2D eigenvalue weighted by molar-refractivity contribution is -0.117. The zero-order chi connectivity index (χ0) is 18.6. The van der Waals surface area contributed by atoms with Crippen LogP contribution in [0.2, 0.25) is 0 Å². The van der Waals surface area contributed by atoms with Gasteiger partial charge in [-0.05, 0) is 55.2 Å². The highest BCUT2D eigenvalue weighted by molar-refractivity contribution is 5.97. The van der Waals surface area contributed by atoms with Gasteiger partial charge in [0.25, 0.3) is 5.91 Å². The lowest BCUT2D eigenvalue weighted by atomic mass is 10.0. The average molecular weight is 363 g/mol. The normalized spacial score (nSPS) is 16.4. The number of carbonyl (C=O) groups excluding carboxylic acids is 2. The minimum absolute atomic E-state index is 0.0698. The van der Waals surface area contributed by atoms with Crippen molar-refractivity contribution in [1.29, 1.82) is 0 Å². The fraction of sp³-hybridized carbons (Fsp3) is 0.364. The van der Waals surface area contributed by atoms with Crippen LogP contribution in [-0.4, -0.2) is 38.0 Å². The Morgan fingerprint density at radius 2 is 1.74 bits per heavy atom. The number of nitrogens with one attached hydrogen (secondary N) is 1. The number of para-hydroxylation sites is 1. The van der Waals surface area contributed by atoms with Gasteiger partial charge in [0.05, 0.1) is 0 Å². The molecule has 0 unspecified atom stereocenters. The van der Waals surface area contributed by atoms with Crippen LogP contribution in [0.25, 0.3) is 0 Å². The largest absolute Gasteiger partial charge is 0.370 e. The first kappa shape index (κ1) is 17.6. The highest BCUT2D eigenvalue weighted by Gasteiger charge is 2.21. The van der Waals surface area contributed by atoms with Crippen LogP contribution in [-0.2, 0) is 11.2 Å². The van der Waals surface area contributed by atoms with Gasteiger partial charge >= 0.3 is 0 Å². The van der Waals surface area contributed by atoms with Gasteiger partial charge in [0.1, 0.15) is 0 Å².